The van der Waals surface area contributed by atoms with Crippen LogP contribution < -0.4 is 5.32 Å². The lowest BCUT2D eigenvalue weighted by atomic mass is 10.1. The van der Waals surface area contributed by atoms with Gasteiger partial charge in [-0.25, -0.2) is 8.78 Å². The Hall–Kier alpha value is -2.27. The highest BCUT2D eigenvalue weighted by atomic mass is 19.1. The fourth-order valence-electron chi connectivity index (χ4n) is 2.46. The zero-order valence-corrected chi connectivity index (χ0v) is 13.2. The normalized spacial score (nSPS) is 12.2. The molecule has 0 radical (unpaired) electrons. The summed E-state index contributed by atoms with van der Waals surface area (Å²) >= 11 is 0. The molecule has 1 atom stereocenters. The second kappa shape index (κ2) is 7.83. The van der Waals surface area contributed by atoms with E-state index in [9.17, 15) is 13.6 Å². The van der Waals surface area contributed by atoms with Gasteiger partial charge in [-0.15, -0.1) is 0 Å². The van der Waals surface area contributed by atoms with Gasteiger partial charge >= 0.3 is 0 Å². The third-order valence-corrected chi connectivity index (χ3v) is 3.71. The van der Waals surface area contributed by atoms with Crippen molar-refractivity contribution in [1.82, 2.24) is 4.90 Å². The molecule has 0 fully saturated rings. The summed E-state index contributed by atoms with van der Waals surface area (Å²) in [5.41, 5.74) is 1.08. The largest absolute Gasteiger partial charge is 0.325 e. The van der Waals surface area contributed by atoms with E-state index in [2.05, 4.69) is 5.32 Å². The molecule has 1 amide bonds. The number of halogens is 2. The quantitative estimate of drug-likeness (QED) is 0.878. The number of hydrogen-bond acceptors (Lipinski definition) is 2. The zero-order valence-electron chi connectivity index (χ0n) is 13.2. The van der Waals surface area contributed by atoms with E-state index >= 15 is 0 Å². The summed E-state index contributed by atoms with van der Waals surface area (Å²) in [6.07, 6.45) is 0.581. The molecular weight excluding hydrogens is 298 g/mol. The molecule has 0 aliphatic rings. The monoisotopic (exact) mass is 318 g/mol. The molecule has 0 aliphatic carbocycles. The first-order valence-electron chi connectivity index (χ1n) is 7.51. The highest BCUT2D eigenvalue weighted by Crippen LogP contribution is 2.15. The highest BCUT2D eigenvalue weighted by molar-refractivity contribution is 5.94. The molecule has 3 nitrogen and oxygen atoms in total. The molecule has 0 spiro atoms. The predicted molar refractivity (Wildman–Crippen MR) is 87.0 cm³/mol. The van der Waals surface area contributed by atoms with Gasteiger partial charge in [0, 0.05) is 17.8 Å². The lowest BCUT2D eigenvalue weighted by Gasteiger charge is -2.26. The summed E-state index contributed by atoms with van der Waals surface area (Å²) in [5, 5.41) is 2.76. The van der Waals surface area contributed by atoms with Crippen LogP contribution in [0.3, 0.4) is 0 Å². The van der Waals surface area contributed by atoms with Crippen LogP contribution in [0, 0.1) is 11.6 Å². The average molecular weight is 318 g/mol. The first-order chi connectivity index (χ1) is 11.0. The number of rotatable bonds is 6. The Morgan fingerprint density at radius 2 is 1.78 bits per heavy atom. The Morgan fingerprint density at radius 3 is 2.39 bits per heavy atom. The van der Waals surface area contributed by atoms with Crippen LogP contribution in [0.1, 0.15) is 18.9 Å². The average Bonchev–Trinajstić information content (AvgIpc) is 2.52. The maximum atomic E-state index is 13.7. The highest BCUT2D eigenvalue weighted by Gasteiger charge is 2.22. The predicted octanol–water partition coefficient (Wildman–Crippen LogP) is 3.81. The van der Waals surface area contributed by atoms with Crippen molar-refractivity contribution in [3.8, 4) is 0 Å². The summed E-state index contributed by atoms with van der Waals surface area (Å²) in [4.78, 5) is 14.2. The molecule has 0 aromatic heterocycles. The van der Waals surface area contributed by atoms with Crippen molar-refractivity contribution < 1.29 is 13.6 Å². The number of carbonyl (C=O) groups excluding carboxylic acids is 1. The Bertz CT molecular complexity index is 658. The van der Waals surface area contributed by atoms with Crippen LogP contribution in [-0.4, -0.2) is 23.9 Å². The summed E-state index contributed by atoms with van der Waals surface area (Å²) in [6.45, 7) is 2.23. The van der Waals surface area contributed by atoms with Gasteiger partial charge in [0.15, 0.2) is 0 Å². The van der Waals surface area contributed by atoms with Gasteiger partial charge in [0.1, 0.15) is 11.6 Å². The van der Waals surface area contributed by atoms with Crippen LogP contribution in [-0.2, 0) is 11.3 Å². The maximum absolute atomic E-state index is 13.7. The molecule has 2 aromatic carbocycles. The number of amides is 1. The lowest BCUT2D eigenvalue weighted by Crippen LogP contribution is -2.41. The fourth-order valence-corrected chi connectivity index (χ4v) is 2.46. The number of nitrogens with zero attached hydrogens (tertiary/aromatic N) is 1. The van der Waals surface area contributed by atoms with E-state index < -0.39 is 6.04 Å². The van der Waals surface area contributed by atoms with Crippen molar-refractivity contribution in [3.05, 3.63) is 65.7 Å². The number of anilines is 1. The van der Waals surface area contributed by atoms with Crippen molar-refractivity contribution in [2.75, 3.05) is 12.4 Å². The Morgan fingerprint density at radius 1 is 1.13 bits per heavy atom. The minimum Gasteiger partial charge on any atom is -0.325 e. The first kappa shape index (κ1) is 17.1. The first-order valence-corrected chi connectivity index (χ1v) is 7.51. The van der Waals surface area contributed by atoms with Crippen LogP contribution in [0.4, 0.5) is 14.5 Å². The summed E-state index contributed by atoms with van der Waals surface area (Å²) in [5.74, 6) is -0.835. The van der Waals surface area contributed by atoms with Gasteiger partial charge in [-0.05, 0) is 43.8 Å². The van der Waals surface area contributed by atoms with Crippen LogP contribution >= 0.6 is 0 Å². The van der Waals surface area contributed by atoms with Crippen molar-refractivity contribution in [2.45, 2.75) is 25.9 Å². The molecule has 0 heterocycles. The van der Waals surface area contributed by atoms with E-state index in [0.717, 1.165) is 0 Å². The molecule has 5 heteroatoms. The van der Waals surface area contributed by atoms with Gasteiger partial charge in [-0.1, -0.05) is 25.1 Å². The number of carbonyl (C=O) groups is 1. The van der Waals surface area contributed by atoms with Crippen LogP contribution in [0.5, 0.6) is 0 Å². The summed E-state index contributed by atoms with van der Waals surface area (Å²) in [7, 11) is 1.78. The number of hydrogen-bond donors (Lipinski definition) is 1. The topological polar surface area (TPSA) is 32.3 Å². The molecule has 0 aliphatic heterocycles. The molecule has 23 heavy (non-hydrogen) atoms. The summed E-state index contributed by atoms with van der Waals surface area (Å²) < 4.78 is 26.6. The van der Waals surface area contributed by atoms with Crippen molar-refractivity contribution in [3.63, 3.8) is 0 Å². The van der Waals surface area contributed by atoms with Gasteiger partial charge in [-0.2, -0.15) is 0 Å². The van der Waals surface area contributed by atoms with E-state index in [1.807, 2.05) is 6.92 Å². The smallest absolute Gasteiger partial charge is 0.241 e. The van der Waals surface area contributed by atoms with E-state index in [4.69, 9.17) is 0 Å². The third kappa shape index (κ3) is 4.60. The third-order valence-electron chi connectivity index (χ3n) is 3.71. The van der Waals surface area contributed by atoms with Gasteiger partial charge in [0.2, 0.25) is 5.91 Å². The lowest BCUT2D eigenvalue weighted by molar-refractivity contribution is -0.121. The maximum Gasteiger partial charge on any atom is 0.241 e. The number of benzene rings is 2. The summed E-state index contributed by atoms with van der Waals surface area (Å²) in [6, 6.07) is 11.7. The Labute approximate surface area is 134 Å². The molecule has 1 unspecified atom stereocenters. The number of likely N-dealkylation sites (N-methyl/N-ethyl adjacent to an activating group) is 1. The minimum absolute atomic E-state index is 0.196. The Kier molecular flexibility index (Phi) is 5.82. The number of nitrogens with one attached hydrogen (secondary N) is 1. The van der Waals surface area contributed by atoms with Crippen LogP contribution in [0.25, 0.3) is 0 Å². The van der Waals surface area contributed by atoms with E-state index in [1.54, 1.807) is 30.1 Å². The molecule has 1 N–H and O–H groups in total. The standard InChI is InChI=1S/C18H20F2N2O/c1-3-17(18(23)21-15-10-8-14(19)9-11-15)22(2)12-13-6-4-5-7-16(13)20/h4-11,17H,3,12H2,1-2H3,(H,21,23). The minimum atomic E-state index is -0.403. The molecule has 122 valence electrons. The van der Waals surface area contributed by atoms with E-state index in [0.29, 0.717) is 24.2 Å². The van der Waals surface area contributed by atoms with Crippen molar-refractivity contribution in [1.29, 1.82) is 0 Å². The zero-order chi connectivity index (χ0) is 16.8. The molecular formula is C18H20F2N2O. The SMILES string of the molecule is CCC(C(=O)Nc1ccc(F)cc1)N(C)Cc1ccccc1F. The van der Waals surface area contributed by atoms with Crippen molar-refractivity contribution in [2.24, 2.45) is 0 Å². The molecule has 0 bridgehead atoms. The Balaban J connectivity index is 2.04. The molecule has 2 aromatic rings. The van der Waals surface area contributed by atoms with Crippen LogP contribution in [0.2, 0.25) is 0 Å². The van der Waals surface area contributed by atoms with Crippen molar-refractivity contribution >= 4 is 11.6 Å². The molecule has 0 saturated heterocycles. The van der Waals surface area contributed by atoms with Gasteiger partial charge < -0.3 is 5.32 Å². The van der Waals surface area contributed by atoms with E-state index in [1.165, 1.54) is 30.3 Å². The molecule has 0 saturated carbocycles. The van der Waals surface area contributed by atoms with Gasteiger partial charge in [0.25, 0.3) is 0 Å². The molecule has 2 rings (SSSR count). The van der Waals surface area contributed by atoms with Gasteiger partial charge in [0.05, 0.1) is 6.04 Å². The van der Waals surface area contributed by atoms with Gasteiger partial charge in [-0.3, -0.25) is 9.69 Å². The van der Waals surface area contributed by atoms with E-state index in [-0.39, 0.29) is 17.5 Å². The second-order valence-electron chi connectivity index (χ2n) is 5.43. The second-order valence-corrected chi connectivity index (χ2v) is 5.43. The fraction of sp³-hybridized carbons (Fsp3) is 0.278. The van der Waals surface area contributed by atoms with Crippen LogP contribution in [0.15, 0.2) is 48.5 Å².